The van der Waals surface area contributed by atoms with Crippen molar-refractivity contribution in [3.05, 3.63) is 71.0 Å². The zero-order valence-corrected chi connectivity index (χ0v) is 12.2. The van der Waals surface area contributed by atoms with Crippen LogP contribution in [0, 0.1) is 5.82 Å². The second-order valence-corrected chi connectivity index (χ2v) is 4.96. The van der Waals surface area contributed by atoms with Crippen molar-refractivity contribution >= 4 is 0 Å². The average Bonchev–Trinajstić information content (AvgIpc) is 3.30. The standard InChI is InChI=1S/C16H10FN3O4/c17-11-4-1-3-10(7-11)14-18-12(9-23-14)8-20-16(21)24-15(19-20)13-5-2-6-22-13/h1-7,9H,8H2. The Hall–Kier alpha value is -3.42. The summed E-state index contributed by atoms with van der Waals surface area (Å²) < 4.78 is 29.8. The fourth-order valence-corrected chi connectivity index (χ4v) is 2.19. The molecule has 0 atom stereocenters. The van der Waals surface area contributed by atoms with Crippen LogP contribution in [-0.2, 0) is 6.54 Å². The molecule has 24 heavy (non-hydrogen) atoms. The maximum atomic E-state index is 13.3. The van der Waals surface area contributed by atoms with Crippen LogP contribution < -0.4 is 5.76 Å². The third-order valence-electron chi connectivity index (χ3n) is 3.27. The zero-order valence-electron chi connectivity index (χ0n) is 12.2. The second kappa shape index (κ2) is 5.65. The van der Waals surface area contributed by atoms with Crippen LogP contribution in [0.4, 0.5) is 4.39 Å². The summed E-state index contributed by atoms with van der Waals surface area (Å²) in [6.45, 7) is 0.0574. The van der Waals surface area contributed by atoms with E-state index in [4.69, 9.17) is 13.3 Å². The predicted octanol–water partition coefficient (Wildman–Crippen LogP) is 2.94. The van der Waals surface area contributed by atoms with Gasteiger partial charge in [-0.1, -0.05) is 6.07 Å². The number of nitrogens with zero attached hydrogens (tertiary/aromatic N) is 3. The van der Waals surface area contributed by atoms with Crippen LogP contribution in [0.3, 0.4) is 0 Å². The summed E-state index contributed by atoms with van der Waals surface area (Å²) in [7, 11) is 0. The monoisotopic (exact) mass is 327 g/mol. The number of rotatable bonds is 4. The van der Waals surface area contributed by atoms with Gasteiger partial charge in [-0.2, -0.15) is 4.68 Å². The van der Waals surface area contributed by atoms with E-state index in [-0.39, 0.29) is 24.1 Å². The highest BCUT2D eigenvalue weighted by atomic mass is 19.1. The molecule has 0 spiro atoms. The minimum Gasteiger partial charge on any atom is -0.459 e. The molecule has 0 aliphatic carbocycles. The molecule has 0 aliphatic heterocycles. The van der Waals surface area contributed by atoms with Gasteiger partial charge in [0.25, 0.3) is 5.89 Å². The summed E-state index contributed by atoms with van der Waals surface area (Å²) in [4.78, 5) is 16.1. The van der Waals surface area contributed by atoms with Gasteiger partial charge in [0, 0.05) is 5.56 Å². The van der Waals surface area contributed by atoms with E-state index in [1.165, 1.54) is 24.7 Å². The van der Waals surface area contributed by atoms with E-state index in [0.717, 1.165) is 4.68 Å². The van der Waals surface area contributed by atoms with E-state index in [9.17, 15) is 9.18 Å². The maximum absolute atomic E-state index is 13.3. The van der Waals surface area contributed by atoms with Crippen LogP contribution in [0.5, 0.6) is 0 Å². The minimum absolute atomic E-state index is 0.0574. The fraction of sp³-hybridized carbons (Fsp3) is 0.0625. The Bertz CT molecular complexity index is 1030. The highest BCUT2D eigenvalue weighted by Gasteiger charge is 2.15. The van der Waals surface area contributed by atoms with Crippen molar-refractivity contribution in [2.75, 3.05) is 0 Å². The minimum atomic E-state index is -0.642. The Labute approximate surface area is 134 Å². The lowest BCUT2D eigenvalue weighted by Crippen LogP contribution is -2.16. The summed E-state index contributed by atoms with van der Waals surface area (Å²) in [5, 5.41) is 4.05. The van der Waals surface area contributed by atoms with Gasteiger partial charge in [0.2, 0.25) is 5.89 Å². The van der Waals surface area contributed by atoms with Crippen LogP contribution in [0.15, 0.2) is 67.0 Å². The van der Waals surface area contributed by atoms with Gasteiger partial charge in [-0.3, -0.25) is 0 Å². The molecule has 4 rings (SSSR count). The number of hydrogen-bond acceptors (Lipinski definition) is 6. The fourth-order valence-electron chi connectivity index (χ4n) is 2.19. The summed E-state index contributed by atoms with van der Waals surface area (Å²) in [5.41, 5.74) is 0.959. The number of oxazole rings is 1. The van der Waals surface area contributed by atoms with Gasteiger partial charge < -0.3 is 13.3 Å². The summed E-state index contributed by atoms with van der Waals surface area (Å²) in [6, 6.07) is 9.18. The molecule has 7 nitrogen and oxygen atoms in total. The van der Waals surface area contributed by atoms with Crippen LogP contribution in [-0.4, -0.2) is 14.8 Å². The van der Waals surface area contributed by atoms with Crippen LogP contribution in [0.2, 0.25) is 0 Å². The van der Waals surface area contributed by atoms with Crippen molar-refractivity contribution in [3.8, 4) is 23.1 Å². The SMILES string of the molecule is O=c1oc(-c2ccco2)nn1Cc1coc(-c2cccc(F)c2)n1. The van der Waals surface area contributed by atoms with E-state index in [1.54, 1.807) is 24.3 Å². The lowest BCUT2D eigenvalue weighted by atomic mass is 10.2. The van der Waals surface area contributed by atoms with E-state index in [2.05, 4.69) is 10.1 Å². The predicted molar refractivity (Wildman–Crippen MR) is 79.5 cm³/mol. The van der Waals surface area contributed by atoms with Crippen molar-refractivity contribution in [3.63, 3.8) is 0 Å². The average molecular weight is 327 g/mol. The molecule has 1 aromatic carbocycles. The Morgan fingerprint density at radius 1 is 1.12 bits per heavy atom. The first-order chi connectivity index (χ1) is 11.7. The molecular formula is C16H10FN3O4. The van der Waals surface area contributed by atoms with Crippen molar-refractivity contribution in [2.24, 2.45) is 0 Å². The number of aromatic nitrogens is 3. The molecule has 0 aliphatic rings. The first-order valence-electron chi connectivity index (χ1n) is 7.01. The largest absolute Gasteiger partial charge is 0.459 e. The smallest absolute Gasteiger partial charge is 0.437 e. The van der Waals surface area contributed by atoms with Gasteiger partial charge >= 0.3 is 5.76 Å². The Morgan fingerprint density at radius 3 is 2.83 bits per heavy atom. The Kier molecular flexibility index (Phi) is 3.34. The molecule has 0 N–H and O–H groups in total. The number of hydrogen-bond donors (Lipinski definition) is 0. The molecule has 4 aromatic rings. The van der Waals surface area contributed by atoms with E-state index in [0.29, 0.717) is 17.0 Å². The normalized spacial score (nSPS) is 11.0. The van der Waals surface area contributed by atoms with Crippen molar-refractivity contribution < 1.29 is 17.6 Å². The Balaban J connectivity index is 1.60. The number of halogens is 1. The second-order valence-electron chi connectivity index (χ2n) is 4.96. The van der Waals surface area contributed by atoms with Crippen molar-refractivity contribution in [1.29, 1.82) is 0 Å². The Morgan fingerprint density at radius 2 is 2.04 bits per heavy atom. The maximum Gasteiger partial charge on any atom is 0.437 e. The van der Waals surface area contributed by atoms with Crippen molar-refractivity contribution in [1.82, 2.24) is 14.8 Å². The van der Waals surface area contributed by atoms with Crippen LogP contribution in [0.25, 0.3) is 23.1 Å². The van der Waals surface area contributed by atoms with Gasteiger partial charge in [-0.25, -0.2) is 14.2 Å². The molecule has 0 saturated carbocycles. The molecular weight excluding hydrogens is 317 g/mol. The van der Waals surface area contributed by atoms with Gasteiger partial charge in [-0.15, -0.1) is 5.10 Å². The zero-order chi connectivity index (χ0) is 16.5. The highest BCUT2D eigenvalue weighted by molar-refractivity contribution is 5.52. The van der Waals surface area contributed by atoms with E-state index < -0.39 is 5.76 Å². The molecule has 0 amide bonds. The summed E-state index contributed by atoms with van der Waals surface area (Å²) in [6.07, 6.45) is 2.84. The molecule has 8 heteroatoms. The van der Waals surface area contributed by atoms with E-state index in [1.807, 2.05) is 0 Å². The third kappa shape index (κ3) is 2.65. The lowest BCUT2D eigenvalue weighted by Gasteiger charge is -1.95. The first-order valence-corrected chi connectivity index (χ1v) is 7.01. The van der Waals surface area contributed by atoms with Crippen LogP contribution >= 0.6 is 0 Å². The third-order valence-corrected chi connectivity index (χ3v) is 3.27. The van der Waals surface area contributed by atoms with Crippen molar-refractivity contribution in [2.45, 2.75) is 6.54 Å². The molecule has 0 saturated heterocycles. The molecule has 0 bridgehead atoms. The topological polar surface area (TPSA) is 87.2 Å². The quantitative estimate of drug-likeness (QED) is 0.573. The highest BCUT2D eigenvalue weighted by Crippen LogP contribution is 2.20. The molecule has 3 heterocycles. The number of benzene rings is 1. The van der Waals surface area contributed by atoms with Gasteiger partial charge in [0.15, 0.2) is 5.76 Å². The van der Waals surface area contributed by atoms with Gasteiger partial charge in [-0.05, 0) is 30.3 Å². The lowest BCUT2D eigenvalue weighted by molar-refractivity contribution is 0.475. The number of furan rings is 1. The van der Waals surface area contributed by atoms with E-state index >= 15 is 0 Å². The summed E-state index contributed by atoms with van der Waals surface area (Å²) in [5.74, 6) is -0.336. The summed E-state index contributed by atoms with van der Waals surface area (Å²) >= 11 is 0. The van der Waals surface area contributed by atoms with Gasteiger partial charge in [0.05, 0.1) is 12.8 Å². The first kappa shape index (κ1) is 14.2. The molecule has 0 fully saturated rings. The molecule has 0 radical (unpaired) electrons. The van der Waals surface area contributed by atoms with Gasteiger partial charge in [0.1, 0.15) is 17.8 Å². The van der Waals surface area contributed by atoms with Crippen LogP contribution in [0.1, 0.15) is 5.69 Å². The molecule has 120 valence electrons. The molecule has 0 unspecified atom stereocenters. The molecule has 3 aromatic heterocycles.